The van der Waals surface area contributed by atoms with Crippen LogP contribution in [-0.4, -0.2) is 37.7 Å². The van der Waals surface area contributed by atoms with Crippen molar-refractivity contribution in [3.8, 4) is 5.75 Å². The molecular weight excluding hydrogens is 240 g/mol. The molecule has 1 aromatic rings. The summed E-state index contributed by atoms with van der Waals surface area (Å²) in [6.07, 6.45) is 2.12. The van der Waals surface area contributed by atoms with Gasteiger partial charge < -0.3 is 15.0 Å². The second-order valence-electron chi connectivity index (χ2n) is 4.67. The van der Waals surface area contributed by atoms with Gasteiger partial charge in [-0.05, 0) is 31.0 Å². The molecule has 0 aliphatic rings. The molecule has 2 amide bonds. The molecule has 0 fully saturated rings. The Labute approximate surface area is 115 Å². The van der Waals surface area contributed by atoms with Gasteiger partial charge in [-0.3, -0.25) is 0 Å². The van der Waals surface area contributed by atoms with Crippen LogP contribution in [0.1, 0.15) is 25.3 Å². The van der Waals surface area contributed by atoms with E-state index in [2.05, 4.69) is 12.2 Å². The molecule has 1 rings (SSSR count). The smallest absolute Gasteiger partial charge is 0.317 e. The Balaban J connectivity index is 2.18. The fraction of sp³-hybridized carbons (Fsp3) is 0.533. The number of unbranched alkanes of at least 4 members (excludes halogenated alkanes) is 1. The highest BCUT2D eigenvalue weighted by molar-refractivity contribution is 5.73. The first kappa shape index (κ1) is 15.3. The molecule has 0 aliphatic heterocycles. The number of ether oxygens (including phenoxy) is 1. The Morgan fingerprint density at radius 2 is 2.21 bits per heavy atom. The van der Waals surface area contributed by atoms with Crippen LogP contribution in [0.5, 0.6) is 5.75 Å². The van der Waals surface area contributed by atoms with E-state index in [4.69, 9.17) is 4.74 Å². The number of aryl methyl sites for hydroxylation is 1. The number of urea groups is 1. The van der Waals surface area contributed by atoms with Gasteiger partial charge in [-0.15, -0.1) is 0 Å². The fourth-order valence-electron chi connectivity index (χ4n) is 1.66. The molecule has 0 aromatic heterocycles. The van der Waals surface area contributed by atoms with Crippen molar-refractivity contribution in [3.63, 3.8) is 0 Å². The Kier molecular flexibility index (Phi) is 6.79. The van der Waals surface area contributed by atoms with Gasteiger partial charge in [0.1, 0.15) is 12.4 Å². The fourth-order valence-corrected chi connectivity index (χ4v) is 1.66. The van der Waals surface area contributed by atoms with Crippen LogP contribution in [0.3, 0.4) is 0 Å². The van der Waals surface area contributed by atoms with Gasteiger partial charge in [0, 0.05) is 13.6 Å². The van der Waals surface area contributed by atoms with Gasteiger partial charge in [-0.25, -0.2) is 4.79 Å². The van der Waals surface area contributed by atoms with E-state index in [9.17, 15) is 4.79 Å². The SMILES string of the molecule is CCCCN(C)C(=O)NCCOc1cccc(C)c1. The summed E-state index contributed by atoms with van der Waals surface area (Å²) < 4.78 is 5.56. The predicted molar refractivity (Wildman–Crippen MR) is 77.6 cm³/mol. The van der Waals surface area contributed by atoms with Crippen LogP contribution in [0.25, 0.3) is 0 Å². The summed E-state index contributed by atoms with van der Waals surface area (Å²) >= 11 is 0. The highest BCUT2D eigenvalue weighted by Gasteiger charge is 2.06. The van der Waals surface area contributed by atoms with E-state index in [0.717, 1.165) is 25.1 Å². The molecule has 0 unspecified atom stereocenters. The number of nitrogens with zero attached hydrogens (tertiary/aromatic N) is 1. The average Bonchev–Trinajstić information content (AvgIpc) is 2.40. The molecule has 0 radical (unpaired) electrons. The van der Waals surface area contributed by atoms with Crippen LogP contribution in [0.4, 0.5) is 4.79 Å². The van der Waals surface area contributed by atoms with Crippen LogP contribution < -0.4 is 10.1 Å². The molecule has 4 heteroatoms. The minimum atomic E-state index is -0.0405. The topological polar surface area (TPSA) is 41.6 Å². The lowest BCUT2D eigenvalue weighted by atomic mass is 10.2. The standard InChI is InChI=1S/C15H24N2O2/c1-4-5-10-17(3)15(18)16-9-11-19-14-8-6-7-13(2)12-14/h6-8,12H,4-5,9-11H2,1-3H3,(H,16,18). The van der Waals surface area contributed by atoms with E-state index < -0.39 is 0 Å². The lowest BCUT2D eigenvalue weighted by Crippen LogP contribution is -2.39. The first-order valence-electron chi connectivity index (χ1n) is 6.82. The van der Waals surface area contributed by atoms with Crippen molar-refractivity contribution < 1.29 is 9.53 Å². The van der Waals surface area contributed by atoms with Gasteiger partial charge >= 0.3 is 6.03 Å². The van der Waals surface area contributed by atoms with Crippen molar-refractivity contribution >= 4 is 6.03 Å². The largest absolute Gasteiger partial charge is 0.492 e. The summed E-state index contributed by atoms with van der Waals surface area (Å²) in [6, 6.07) is 7.84. The monoisotopic (exact) mass is 264 g/mol. The van der Waals surface area contributed by atoms with Crippen LogP contribution in [0.2, 0.25) is 0 Å². The number of benzene rings is 1. The van der Waals surface area contributed by atoms with Crippen LogP contribution in [0.15, 0.2) is 24.3 Å². The summed E-state index contributed by atoms with van der Waals surface area (Å²) in [5.41, 5.74) is 1.17. The van der Waals surface area contributed by atoms with Crippen LogP contribution in [-0.2, 0) is 0 Å². The summed E-state index contributed by atoms with van der Waals surface area (Å²) in [4.78, 5) is 13.4. The van der Waals surface area contributed by atoms with E-state index in [0.29, 0.717) is 13.2 Å². The van der Waals surface area contributed by atoms with Crippen molar-refractivity contribution in [2.75, 3.05) is 26.7 Å². The van der Waals surface area contributed by atoms with E-state index in [1.54, 1.807) is 4.90 Å². The molecule has 0 bridgehead atoms. The number of carbonyl (C=O) groups is 1. The van der Waals surface area contributed by atoms with Crippen molar-refractivity contribution in [1.29, 1.82) is 0 Å². The second kappa shape index (κ2) is 8.40. The molecule has 19 heavy (non-hydrogen) atoms. The lowest BCUT2D eigenvalue weighted by molar-refractivity contribution is 0.204. The lowest BCUT2D eigenvalue weighted by Gasteiger charge is -2.17. The van der Waals surface area contributed by atoms with Crippen molar-refractivity contribution in [1.82, 2.24) is 10.2 Å². The summed E-state index contributed by atoms with van der Waals surface area (Å²) in [6.45, 7) is 5.93. The number of amides is 2. The number of hydrogen-bond acceptors (Lipinski definition) is 2. The molecule has 106 valence electrons. The van der Waals surface area contributed by atoms with Gasteiger partial charge in [-0.2, -0.15) is 0 Å². The summed E-state index contributed by atoms with van der Waals surface area (Å²) in [5, 5.41) is 2.84. The van der Waals surface area contributed by atoms with Crippen molar-refractivity contribution in [3.05, 3.63) is 29.8 Å². The molecule has 0 saturated heterocycles. The highest BCUT2D eigenvalue weighted by Crippen LogP contribution is 2.11. The molecule has 0 saturated carbocycles. The molecule has 0 aliphatic carbocycles. The van der Waals surface area contributed by atoms with Crippen LogP contribution in [0, 0.1) is 6.92 Å². The third-order valence-corrected chi connectivity index (χ3v) is 2.83. The van der Waals surface area contributed by atoms with Gasteiger partial charge in [0.25, 0.3) is 0 Å². The second-order valence-corrected chi connectivity index (χ2v) is 4.67. The molecule has 1 N–H and O–H groups in total. The minimum Gasteiger partial charge on any atom is -0.492 e. The predicted octanol–water partition coefficient (Wildman–Crippen LogP) is 2.82. The number of hydrogen-bond donors (Lipinski definition) is 1. The van der Waals surface area contributed by atoms with E-state index >= 15 is 0 Å². The molecule has 4 nitrogen and oxygen atoms in total. The number of carbonyl (C=O) groups excluding carboxylic acids is 1. The van der Waals surface area contributed by atoms with Crippen molar-refractivity contribution in [2.24, 2.45) is 0 Å². The van der Waals surface area contributed by atoms with Crippen LogP contribution >= 0.6 is 0 Å². The zero-order valence-electron chi connectivity index (χ0n) is 12.1. The number of nitrogens with one attached hydrogen (secondary N) is 1. The molecule has 0 spiro atoms. The first-order valence-corrected chi connectivity index (χ1v) is 6.82. The van der Waals surface area contributed by atoms with E-state index in [-0.39, 0.29) is 6.03 Å². The summed E-state index contributed by atoms with van der Waals surface area (Å²) in [7, 11) is 1.81. The van der Waals surface area contributed by atoms with Gasteiger partial charge in [0.2, 0.25) is 0 Å². The quantitative estimate of drug-likeness (QED) is 0.769. The van der Waals surface area contributed by atoms with Gasteiger partial charge in [0.05, 0.1) is 6.54 Å². The van der Waals surface area contributed by atoms with E-state index in [1.165, 1.54) is 5.56 Å². The maximum atomic E-state index is 11.7. The third-order valence-electron chi connectivity index (χ3n) is 2.83. The normalized spacial score (nSPS) is 10.1. The Morgan fingerprint density at radius 3 is 2.89 bits per heavy atom. The highest BCUT2D eigenvalue weighted by atomic mass is 16.5. The Morgan fingerprint density at radius 1 is 1.42 bits per heavy atom. The Hall–Kier alpha value is -1.71. The van der Waals surface area contributed by atoms with Gasteiger partial charge in [0.15, 0.2) is 0 Å². The maximum Gasteiger partial charge on any atom is 0.317 e. The average molecular weight is 264 g/mol. The third kappa shape index (κ3) is 6.13. The minimum absolute atomic E-state index is 0.0405. The zero-order valence-corrected chi connectivity index (χ0v) is 12.1. The molecule has 0 heterocycles. The molecule has 1 aromatic carbocycles. The molecular formula is C15H24N2O2. The number of rotatable bonds is 7. The zero-order chi connectivity index (χ0) is 14.1. The Bertz CT molecular complexity index is 393. The van der Waals surface area contributed by atoms with Crippen molar-refractivity contribution in [2.45, 2.75) is 26.7 Å². The maximum absolute atomic E-state index is 11.7. The van der Waals surface area contributed by atoms with Gasteiger partial charge in [-0.1, -0.05) is 25.5 Å². The first-order chi connectivity index (χ1) is 9.13. The summed E-state index contributed by atoms with van der Waals surface area (Å²) in [5.74, 6) is 0.841. The van der Waals surface area contributed by atoms with E-state index in [1.807, 2.05) is 38.2 Å². The molecule has 0 atom stereocenters.